The Hall–Kier alpha value is -0.760. The van der Waals surface area contributed by atoms with E-state index in [1.165, 1.54) is 0 Å². The molecule has 0 saturated heterocycles. The normalized spacial score (nSPS) is 30.0. The Labute approximate surface area is 147 Å². The van der Waals surface area contributed by atoms with Crippen LogP contribution in [-0.2, 0) is 19.6 Å². The molecule has 2 aliphatic carbocycles. The topological polar surface area (TPSA) is 72.5 Å². The third-order valence-electron chi connectivity index (χ3n) is 6.26. The minimum absolute atomic E-state index is 0.109. The first-order valence-corrected chi connectivity index (χ1v) is 10.9. The van der Waals surface area contributed by atoms with Crippen molar-refractivity contribution in [1.29, 1.82) is 0 Å². The van der Waals surface area contributed by atoms with E-state index in [0.717, 1.165) is 12.0 Å². The quantitative estimate of drug-likeness (QED) is 0.800. The van der Waals surface area contributed by atoms with Crippen molar-refractivity contribution in [2.24, 2.45) is 16.7 Å². The lowest BCUT2D eigenvalue weighted by molar-refractivity contribution is -0.128. The fourth-order valence-corrected chi connectivity index (χ4v) is 7.02. The molecule has 3 atom stereocenters. The Balaban J connectivity index is 1.71. The molecule has 0 aromatic carbocycles. The van der Waals surface area contributed by atoms with E-state index in [2.05, 4.69) is 18.6 Å². The molecule has 0 unspecified atom stereocenters. The van der Waals surface area contributed by atoms with Crippen molar-refractivity contribution in [3.8, 4) is 0 Å². The zero-order valence-electron chi connectivity index (χ0n) is 14.4. The molecule has 0 spiro atoms. The highest BCUT2D eigenvalue weighted by Crippen LogP contribution is 2.64. The molecule has 1 heterocycles. The van der Waals surface area contributed by atoms with Crippen LogP contribution < -0.4 is 4.72 Å². The van der Waals surface area contributed by atoms with Gasteiger partial charge in [-0.3, -0.25) is 4.79 Å². The van der Waals surface area contributed by atoms with Gasteiger partial charge in [0, 0.05) is 25.5 Å². The molecular formula is C17H25NO4S2. The molecule has 1 aromatic heterocycles. The van der Waals surface area contributed by atoms with E-state index < -0.39 is 15.4 Å². The lowest BCUT2D eigenvalue weighted by Gasteiger charge is -2.36. The molecule has 2 fully saturated rings. The lowest BCUT2D eigenvalue weighted by Crippen LogP contribution is -2.46. The van der Waals surface area contributed by atoms with Gasteiger partial charge in [-0.1, -0.05) is 13.8 Å². The maximum atomic E-state index is 12.7. The van der Waals surface area contributed by atoms with Gasteiger partial charge >= 0.3 is 0 Å². The van der Waals surface area contributed by atoms with E-state index in [1.807, 2.05) is 16.8 Å². The van der Waals surface area contributed by atoms with Crippen LogP contribution in [0.5, 0.6) is 0 Å². The maximum absolute atomic E-state index is 12.7. The highest BCUT2D eigenvalue weighted by Gasteiger charge is 2.65. The SMILES string of the molecule is CO[C@H](CNS(=O)(=O)C[C@@]12CC[C@@H](CC1=O)C2(C)C)c1ccsc1. The van der Waals surface area contributed by atoms with Gasteiger partial charge in [0.15, 0.2) is 0 Å². The number of nitrogens with one attached hydrogen (secondary N) is 1. The van der Waals surface area contributed by atoms with Crippen LogP contribution in [0, 0.1) is 16.7 Å². The van der Waals surface area contributed by atoms with Gasteiger partial charge in [0.1, 0.15) is 5.78 Å². The molecule has 2 saturated carbocycles. The molecule has 0 radical (unpaired) electrons. The van der Waals surface area contributed by atoms with Gasteiger partial charge in [-0.2, -0.15) is 11.3 Å². The van der Waals surface area contributed by atoms with E-state index in [0.29, 0.717) is 18.8 Å². The molecule has 134 valence electrons. The maximum Gasteiger partial charge on any atom is 0.212 e. The summed E-state index contributed by atoms with van der Waals surface area (Å²) in [6.07, 6.45) is 1.84. The molecule has 2 bridgehead atoms. The third-order valence-corrected chi connectivity index (χ3v) is 8.44. The second-order valence-electron chi connectivity index (χ2n) is 7.56. The number of ether oxygens (including phenoxy) is 1. The van der Waals surface area contributed by atoms with Crippen molar-refractivity contribution in [1.82, 2.24) is 4.72 Å². The number of hydrogen-bond donors (Lipinski definition) is 1. The summed E-state index contributed by atoms with van der Waals surface area (Å²) in [4.78, 5) is 12.5. The van der Waals surface area contributed by atoms with Crippen molar-refractivity contribution >= 4 is 27.1 Å². The largest absolute Gasteiger partial charge is 0.375 e. The molecule has 2 aliphatic rings. The van der Waals surface area contributed by atoms with E-state index in [4.69, 9.17) is 4.74 Å². The van der Waals surface area contributed by atoms with E-state index >= 15 is 0 Å². The van der Waals surface area contributed by atoms with Gasteiger partial charge in [0.05, 0.1) is 11.9 Å². The van der Waals surface area contributed by atoms with Gasteiger partial charge in [0.2, 0.25) is 10.0 Å². The second kappa shape index (κ2) is 6.20. The lowest BCUT2D eigenvalue weighted by atomic mass is 9.70. The number of fused-ring (bicyclic) bond motifs is 2. The third kappa shape index (κ3) is 2.85. The summed E-state index contributed by atoms with van der Waals surface area (Å²) in [6.45, 7) is 4.28. The average molecular weight is 372 g/mol. The first-order chi connectivity index (χ1) is 11.2. The highest BCUT2D eigenvalue weighted by atomic mass is 32.2. The van der Waals surface area contributed by atoms with Gasteiger partial charge < -0.3 is 4.74 Å². The first-order valence-electron chi connectivity index (χ1n) is 8.27. The number of carbonyl (C=O) groups excluding carboxylic acids is 1. The summed E-state index contributed by atoms with van der Waals surface area (Å²) in [7, 11) is -1.99. The van der Waals surface area contributed by atoms with E-state index in [-0.39, 0.29) is 29.6 Å². The fraction of sp³-hybridized carbons (Fsp3) is 0.706. The van der Waals surface area contributed by atoms with Crippen LogP contribution in [0.2, 0.25) is 0 Å². The number of carbonyl (C=O) groups is 1. The number of methoxy groups -OCH3 is 1. The number of ketones is 1. The molecule has 24 heavy (non-hydrogen) atoms. The van der Waals surface area contributed by atoms with Crippen LogP contribution in [-0.4, -0.2) is 33.6 Å². The Morgan fingerprint density at radius 3 is 2.71 bits per heavy atom. The summed E-state index contributed by atoms with van der Waals surface area (Å²) in [5, 5.41) is 3.89. The monoisotopic (exact) mass is 371 g/mol. The van der Waals surface area contributed by atoms with E-state index in [9.17, 15) is 13.2 Å². The Kier molecular flexibility index (Phi) is 4.66. The summed E-state index contributed by atoms with van der Waals surface area (Å²) in [5.74, 6) is 0.329. The van der Waals surface area contributed by atoms with Gasteiger partial charge in [-0.15, -0.1) is 0 Å². The van der Waals surface area contributed by atoms with Crippen molar-refractivity contribution in [3.05, 3.63) is 22.4 Å². The summed E-state index contributed by atoms with van der Waals surface area (Å²) in [5.41, 5.74) is -0.0112. The summed E-state index contributed by atoms with van der Waals surface area (Å²) in [6, 6.07) is 1.93. The fourth-order valence-electron chi connectivity index (χ4n) is 4.48. The number of Topliss-reactive ketones (excluding diaryl/α,β-unsaturated/α-hetero) is 1. The Bertz CT molecular complexity index is 711. The van der Waals surface area contributed by atoms with Crippen LogP contribution in [0.15, 0.2) is 16.8 Å². The van der Waals surface area contributed by atoms with Crippen molar-refractivity contribution < 1.29 is 17.9 Å². The van der Waals surface area contributed by atoms with Crippen LogP contribution in [0.3, 0.4) is 0 Å². The van der Waals surface area contributed by atoms with Crippen molar-refractivity contribution in [2.45, 2.75) is 39.2 Å². The van der Waals surface area contributed by atoms with Crippen LogP contribution in [0.1, 0.15) is 44.8 Å². The minimum atomic E-state index is -3.56. The number of rotatable bonds is 7. The zero-order chi connectivity index (χ0) is 17.6. The van der Waals surface area contributed by atoms with Crippen molar-refractivity contribution in [2.75, 3.05) is 19.4 Å². The summed E-state index contributed by atoms with van der Waals surface area (Å²) < 4.78 is 33.4. The second-order valence-corrected chi connectivity index (χ2v) is 10.1. The number of thiophene rings is 1. The molecule has 1 aromatic rings. The molecule has 7 heteroatoms. The predicted octanol–water partition coefficient (Wildman–Crippen LogP) is 2.75. The average Bonchev–Trinajstić information content (AvgIpc) is 3.14. The Morgan fingerprint density at radius 2 is 2.21 bits per heavy atom. The molecule has 3 rings (SSSR count). The van der Waals surface area contributed by atoms with Crippen LogP contribution >= 0.6 is 11.3 Å². The molecular weight excluding hydrogens is 346 g/mol. The number of sulfonamides is 1. The van der Waals surface area contributed by atoms with Gasteiger partial charge in [-0.25, -0.2) is 13.1 Å². The number of hydrogen-bond acceptors (Lipinski definition) is 5. The first kappa shape index (κ1) is 18.0. The molecule has 1 N–H and O–H groups in total. The molecule has 0 aliphatic heterocycles. The minimum Gasteiger partial charge on any atom is -0.375 e. The van der Waals surface area contributed by atoms with Gasteiger partial charge in [-0.05, 0) is 46.6 Å². The smallest absolute Gasteiger partial charge is 0.212 e. The van der Waals surface area contributed by atoms with Crippen LogP contribution in [0.25, 0.3) is 0 Å². The molecule has 5 nitrogen and oxygen atoms in total. The van der Waals surface area contributed by atoms with Crippen molar-refractivity contribution in [3.63, 3.8) is 0 Å². The summed E-state index contributed by atoms with van der Waals surface area (Å²) >= 11 is 1.55. The molecule has 0 amide bonds. The van der Waals surface area contributed by atoms with E-state index in [1.54, 1.807) is 18.4 Å². The van der Waals surface area contributed by atoms with Gasteiger partial charge in [0.25, 0.3) is 0 Å². The Morgan fingerprint density at radius 1 is 1.46 bits per heavy atom. The standard InChI is InChI=1S/C17H25NO4S2/c1-16(2)13-4-6-17(16,15(19)8-13)11-24(20,21)18-9-14(22-3)12-5-7-23-10-12/h5,7,10,13-14,18H,4,6,8-9,11H2,1-3H3/t13-,14+,17-/m0/s1. The zero-order valence-corrected chi connectivity index (χ0v) is 16.0. The predicted molar refractivity (Wildman–Crippen MR) is 94.4 cm³/mol. The highest BCUT2D eigenvalue weighted by molar-refractivity contribution is 7.89. The van der Waals surface area contributed by atoms with Crippen LogP contribution in [0.4, 0.5) is 0 Å².